The van der Waals surface area contributed by atoms with E-state index in [1.165, 1.54) is 0 Å². The van der Waals surface area contributed by atoms with Gasteiger partial charge in [0.25, 0.3) is 0 Å². The summed E-state index contributed by atoms with van der Waals surface area (Å²) in [5, 5.41) is 3.54. The van der Waals surface area contributed by atoms with Gasteiger partial charge in [-0.2, -0.15) is 13.2 Å². The predicted molar refractivity (Wildman–Crippen MR) is 73.8 cm³/mol. The SMILES string of the molecule is CCCC1CN(CCCOCC(F)(F)F)C(C)(C)CN1. The molecule has 1 aliphatic heterocycles. The zero-order valence-electron chi connectivity index (χ0n) is 12.7. The molecule has 1 aliphatic rings. The van der Waals surface area contributed by atoms with Crippen molar-refractivity contribution in [2.75, 3.05) is 32.8 Å². The fourth-order valence-corrected chi connectivity index (χ4v) is 2.56. The summed E-state index contributed by atoms with van der Waals surface area (Å²) in [6, 6.07) is 0.490. The molecule has 0 spiro atoms. The van der Waals surface area contributed by atoms with Crippen LogP contribution >= 0.6 is 0 Å². The van der Waals surface area contributed by atoms with Crippen LogP contribution in [0.1, 0.15) is 40.0 Å². The van der Waals surface area contributed by atoms with E-state index >= 15 is 0 Å². The molecule has 1 unspecified atom stereocenters. The van der Waals surface area contributed by atoms with Gasteiger partial charge in [0.05, 0.1) is 0 Å². The summed E-state index contributed by atoms with van der Waals surface area (Å²) in [6.45, 7) is 8.18. The van der Waals surface area contributed by atoms with Gasteiger partial charge in [-0.15, -0.1) is 0 Å². The zero-order chi connectivity index (χ0) is 15.2. The van der Waals surface area contributed by atoms with E-state index in [1.54, 1.807) is 0 Å². The number of rotatable bonds is 7. The number of halogens is 3. The Balaban J connectivity index is 2.28. The number of piperazine rings is 1. The van der Waals surface area contributed by atoms with Crippen molar-refractivity contribution in [3.05, 3.63) is 0 Å². The molecule has 0 saturated carbocycles. The number of hydrogen-bond donors (Lipinski definition) is 1. The zero-order valence-corrected chi connectivity index (χ0v) is 12.7. The summed E-state index contributed by atoms with van der Waals surface area (Å²) in [6.07, 6.45) is -1.31. The lowest BCUT2D eigenvalue weighted by Crippen LogP contribution is -2.62. The van der Waals surface area contributed by atoms with Gasteiger partial charge in [0, 0.05) is 37.8 Å². The van der Waals surface area contributed by atoms with Gasteiger partial charge in [-0.3, -0.25) is 4.90 Å². The van der Waals surface area contributed by atoms with Crippen molar-refractivity contribution in [3.8, 4) is 0 Å². The van der Waals surface area contributed by atoms with Crippen LogP contribution in [0.15, 0.2) is 0 Å². The van der Waals surface area contributed by atoms with E-state index in [9.17, 15) is 13.2 Å². The van der Waals surface area contributed by atoms with Crippen molar-refractivity contribution in [1.29, 1.82) is 0 Å². The summed E-state index contributed by atoms with van der Waals surface area (Å²) in [5.41, 5.74) is 0.0499. The van der Waals surface area contributed by atoms with E-state index in [0.29, 0.717) is 12.5 Å². The number of alkyl halides is 3. The maximum Gasteiger partial charge on any atom is 0.411 e. The van der Waals surface area contributed by atoms with Crippen molar-refractivity contribution in [1.82, 2.24) is 10.2 Å². The molecule has 0 radical (unpaired) electrons. The molecule has 3 nitrogen and oxygen atoms in total. The second-order valence-corrected chi connectivity index (χ2v) is 6.15. The Labute approximate surface area is 119 Å². The standard InChI is InChI=1S/C14H27F3N2O/c1-4-6-12-9-19(13(2,3)10-18-12)7-5-8-20-11-14(15,16)17/h12,18H,4-11H2,1-3H3. The average Bonchev–Trinajstić information content (AvgIpc) is 2.31. The molecule has 0 amide bonds. The topological polar surface area (TPSA) is 24.5 Å². The number of ether oxygens (including phenoxy) is 1. The molecule has 1 fully saturated rings. The van der Waals surface area contributed by atoms with Gasteiger partial charge in [-0.05, 0) is 26.7 Å². The highest BCUT2D eigenvalue weighted by Crippen LogP contribution is 2.20. The quantitative estimate of drug-likeness (QED) is 0.731. The smallest absolute Gasteiger partial charge is 0.372 e. The summed E-state index contributed by atoms with van der Waals surface area (Å²) in [7, 11) is 0. The number of hydrogen-bond acceptors (Lipinski definition) is 3. The van der Waals surface area contributed by atoms with E-state index in [4.69, 9.17) is 0 Å². The van der Waals surface area contributed by atoms with Crippen molar-refractivity contribution in [2.45, 2.75) is 57.8 Å². The Morgan fingerprint density at radius 1 is 1.35 bits per heavy atom. The fraction of sp³-hybridized carbons (Fsp3) is 1.00. The van der Waals surface area contributed by atoms with Crippen LogP contribution in [0.5, 0.6) is 0 Å². The molecule has 0 bridgehead atoms. The third-order valence-corrected chi connectivity index (χ3v) is 3.74. The van der Waals surface area contributed by atoms with Gasteiger partial charge in [-0.1, -0.05) is 13.3 Å². The summed E-state index contributed by atoms with van der Waals surface area (Å²) >= 11 is 0. The Morgan fingerprint density at radius 2 is 2.05 bits per heavy atom. The summed E-state index contributed by atoms with van der Waals surface area (Å²) in [4.78, 5) is 2.36. The van der Waals surface area contributed by atoms with Gasteiger partial charge in [0.15, 0.2) is 0 Å². The first kappa shape index (κ1) is 17.7. The molecule has 0 aromatic carbocycles. The average molecular weight is 296 g/mol. The van der Waals surface area contributed by atoms with Gasteiger partial charge >= 0.3 is 6.18 Å². The van der Waals surface area contributed by atoms with Crippen LogP contribution < -0.4 is 5.32 Å². The lowest BCUT2D eigenvalue weighted by atomic mass is 9.95. The predicted octanol–water partition coefficient (Wildman–Crippen LogP) is 2.81. The van der Waals surface area contributed by atoms with Gasteiger partial charge in [-0.25, -0.2) is 0 Å². The van der Waals surface area contributed by atoms with Crippen LogP contribution in [0.4, 0.5) is 13.2 Å². The Bertz CT molecular complexity index is 282. The molecular weight excluding hydrogens is 269 g/mol. The van der Waals surface area contributed by atoms with Crippen LogP contribution in [0.25, 0.3) is 0 Å². The lowest BCUT2D eigenvalue weighted by molar-refractivity contribution is -0.174. The molecule has 1 saturated heterocycles. The Hall–Kier alpha value is -0.330. The minimum absolute atomic E-state index is 0.0499. The van der Waals surface area contributed by atoms with E-state index in [-0.39, 0.29) is 12.1 Å². The maximum absolute atomic E-state index is 12.0. The van der Waals surface area contributed by atoms with Gasteiger partial charge in [0.2, 0.25) is 0 Å². The first-order chi connectivity index (χ1) is 9.24. The van der Waals surface area contributed by atoms with E-state index < -0.39 is 12.8 Å². The highest BCUT2D eigenvalue weighted by molar-refractivity contribution is 4.92. The lowest BCUT2D eigenvalue weighted by Gasteiger charge is -2.46. The van der Waals surface area contributed by atoms with Crippen molar-refractivity contribution in [3.63, 3.8) is 0 Å². The third-order valence-electron chi connectivity index (χ3n) is 3.74. The highest BCUT2D eigenvalue weighted by atomic mass is 19.4. The van der Waals surface area contributed by atoms with E-state index in [0.717, 1.165) is 32.5 Å². The van der Waals surface area contributed by atoms with Crippen molar-refractivity contribution < 1.29 is 17.9 Å². The number of nitrogens with one attached hydrogen (secondary N) is 1. The molecule has 0 aliphatic carbocycles. The van der Waals surface area contributed by atoms with Crippen LogP contribution in [-0.4, -0.2) is 55.5 Å². The third kappa shape index (κ3) is 6.41. The Morgan fingerprint density at radius 3 is 2.65 bits per heavy atom. The van der Waals surface area contributed by atoms with Gasteiger partial charge in [0.1, 0.15) is 6.61 Å². The second-order valence-electron chi connectivity index (χ2n) is 6.15. The highest BCUT2D eigenvalue weighted by Gasteiger charge is 2.33. The maximum atomic E-state index is 12.0. The molecule has 20 heavy (non-hydrogen) atoms. The van der Waals surface area contributed by atoms with Crippen LogP contribution in [-0.2, 0) is 4.74 Å². The normalized spacial score (nSPS) is 24.0. The summed E-state index contributed by atoms with van der Waals surface area (Å²) < 4.78 is 40.5. The molecule has 1 heterocycles. The van der Waals surface area contributed by atoms with E-state index in [2.05, 4.69) is 35.7 Å². The minimum Gasteiger partial charge on any atom is -0.372 e. The van der Waals surface area contributed by atoms with Gasteiger partial charge < -0.3 is 10.1 Å². The summed E-state index contributed by atoms with van der Waals surface area (Å²) in [5.74, 6) is 0. The van der Waals surface area contributed by atoms with Crippen molar-refractivity contribution >= 4 is 0 Å². The van der Waals surface area contributed by atoms with Crippen molar-refractivity contribution in [2.24, 2.45) is 0 Å². The molecule has 0 aromatic rings. The second kappa shape index (κ2) is 7.61. The molecule has 6 heteroatoms. The minimum atomic E-state index is -4.22. The first-order valence-electron chi connectivity index (χ1n) is 7.37. The largest absolute Gasteiger partial charge is 0.411 e. The number of nitrogens with zero attached hydrogens (tertiary/aromatic N) is 1. The van der Waals surface area contributed by atoms with E-state index in [1.807, 2.05) is 0 Å². The van der Waals surface area contributed by atoms with Crippen LogP contribution in [0.3, 0.4) is 0 Å². The fourth-order valence-electron chi connectivity index (χ4n) is 2.56. The molecule has 120 valence electrons. The molecular formula is C14H27F3N2O. The van der Waals surface area contributed by atoms with Crippen LogP contribution in [0.2, 0.25) is 0 Å². The molecule has 0 aromatic heterocycles. The first-order valence-corrected chi connectivity index (χ1v) is 7.37. The molecule has 1 N–H and O–H groups in total. The molecule has 1 rings (SSSR count). The monoisotopic (exact) mass is 296 g/mol. The molecule has 1 atom stereocenters. The Kier molecular flexibility index (Phi) is 6.75. The van der Waals surface area contributed by atoms with Crippen LogP contribution in [0, 0.1) is 0 Å².